The van der Waals surface area contributed by atoms with Crippen LogP contribution in [0.25, 0.3) is 11.3 Å². The second kappa shape index (κ2) is 8.20. The van der Waals surface area contributed by atoms with Crippen molar-refractivity contribution in [2.75, 3.05) is 51.0 Å². The van der Waals surface area contributed by atoms with Crippen LogP contribution in [0.5, 0.6) is 0 Å². The molecule has 0 bridgehead atoms. The quantitative estimate of drug-likeness (QED) is 0.658. The molecule has 1 unspecified atom stereocenters. The van der Waals surface area contributed by atoms with Crippen molar-refractivity contribution in [3.63, 3.8) is 0 Å². The SMILES string of the molecule is COCCCNc1nc2nonc2nc1NCCC1CCCN1C. The monoisotopic (exact) mass is 335 g/mol. The van der Waals surface area contributed by atoms with Crippen molar-refractivity contribution in [2.24, 2.45) is 0 Å². The molecule has 9 nitrogen and oxygen atoms in total. The van der Waals surface area contributed by atoms with Crippen molar-refractivity contribution >= 4 is 22.9 Å². The minimum absolute atomic E-state index is 0.408. The summed E-state index contributed by atoms with van der Waals surface area (Å²) in [5.41, 5.74) is 0.822. The zero-order valence-corrected chi connectivity index (χ0v) is 14.3. The number of rotatable bonds is 9. The molecule has 2 aromatic heterocycles. The second-order valence-electron chi connectivity index (χ2n) is 6.10. The van der Waals surface area contributed by atoms with Gasteiger partial charge in [0.15, 0.2) is 11.6 Å². The standard InChI is InChI=1S/C15H25N7O2/c1-22-9-3-5-11(22)6-8-17-13-12(16-7-4-10-23-2)18-14-15(19-13)21-24-20-14/h11H,3-10H2,1-2H3,(H,16,18,20)(H,17,19,21). The Morgan fingerprint density at radius 3 is 2.50 bits per heavy atom. The van der Waals surface area contributed by atoms with E-state index < -0.39 is 0 Å². The maximum Gasteiger partial charge on any atom is 0.245 e. The van der Waals surface area contributed by atoms with Crippen LogP contribution in [-0.2, 0) is 4.74 Å². The van der Waals surface area contributed by atoms with Crippen LogP contribution < -0.4 is 10.6 Å². The van der Waals surface area contributed by atoms with Crippen LogP contribution in [-0.4, -0.2) is 71.6 Å². The minimum atomic E-state index is 0.408. The zero-order valence-electron chi connectivity index (χ0n) is 14.3. The van der Waals surface area contributed by atoms with Gasteiger partial charge in [0.25, 0.3) is 0 Å². The van der Waals surface area contributed by atoms with Crippen LogP contribution in [0.1, 0.15) is 25.7 Å². The summed E-state index contributed by atoms with van der Waals surface area (Å²) >= 11 is 0. The van der Waals surface area contributed by atoms with Crippen molar-refractivity contribution in [3.05, 3.63) is 0 Å². The Bertz CT molecular complexity index is 648. The van der Waals surface area contributed by atoms with Gasteiger partial charge in [-0.3, -0.25) is 0 Å². The van der Waals surface area contributed by atoms with Crippen LogP contribution in [0.3, 0.4) is 0 Å². The predicted octanol–water partition coefficient (Wildman–Crippen LogP) is 1.36. The number of nitrogens with one attached hydrogen (secondary N) is 2. The molecule has 0 spiro atoms. The molecular formula is C15H25N7O2. The molecule has 0 amide bonds. The van der Waals surface area contributed by atoms with E-state index in [4.69, 9.17) is 9.37 Å². The Labute approximate surface area is 141 Å². The van der Waals surface area contributed by atoms with Crippen LogP contribution in [0.2, 0.25) is 0 Å². The van der Waals surface area contributed by atoms with Gasteiger partial charge in [-0.1, -0.05) is 0 Å². The van der Waals surface area contributed by atoms with Crippen molar-refractivity contribution in [2.45, 2.75) is 31.7 Å². The number of ether oxygens (including phenoxy) is 1. The van der Waals surface area contributed by atoms with E-state index in [2.05, 4.69) is 42.9 Å². The Balaban J connectivity index is 1.62. The maximum atomic E-state index is 5.07. The van der Waals surface area contributed by atoms with Gasteiger partial charge < -0.3 is 20.3 Å². The molecular weight excluding hydrogens is 310 g/mol. The molecule has 3 heterocycles. The number of hydrogen-bond donors (Lipinski definition) is 2. The summed E-state index contributed by atoms with van der Waals surface area (Å²) in [6, 6.07) is 0.640. The summed E-state index contributed by atoms with van der Waals surface area (Å²) in [4.78, 5) is 11.3. The first-order valence-corrected chi connectivity index (χ1v) is 8.45. The van der Waals surface area contributed by atoms with Crippen molar-refractivity contribution in [1.82, 2.24) is 25.2 Å². The third kappa shape index (κ3) is 4.09. The van der Waals surface area contributed by atoms with Gasteiger partial charge in [0.05, 0.1) is 0 Å². The highest BCUT2D eigenvalue weighted by Crippen LogP contribution is 2.21. The molecule has 1 aliphatic rings. The van der Waals surface area contributed by atoms with Crippen molar-refractivity contribution in [1.29, 1.82) is 0 Å². The first-order chi connectivity index (χ1) is 11.8. The van der Waals surface area contributed by atoms with E-state index in [9.17, 15) is 0 Å². The van der Waals surface area contributed by atoms with Crippen LogP contribution in [0.4, 0.5) is 11.6 Å². The molecule has 24 heavy (non-hydrogen) atoms. The summed E-state index contributed by atoms with van der Waals surface area (Å²) < 4.78 is 9.78. The normalized spacial score (nSPS) is 18.3. The summed E-state index contributed by atoms with van der Waals surface area (Å²) in [5.74, 6) is 1.37. The number of hydrogen-bond acceptors (Lipinski definition) is 9. The molecule has 3 rings (SSSR count). The predicted molar refractivity (Wildman–Crippen MR) is 91.1 cm³/mol. The molecule has 1 atom stereocenters. The van der Waals surface area contributed by atoms with E-state index in [1.165, 1.54) is 19.4 Å². The third-order valence-electron chi connectivity index (χ3n) is 4.37. The number of anilines is 2. The average molecular weight is 335 g/mol. The molecule has 0 aromatic carbocycles. The molecule has 1 aliphatic heterocycles. The molecule has 2 N–H and O–H groups in total. The second-order valence-corrected chi connectivity index (χ2v) is 6.10. The summed E-state index contributed by atoms with van der Waals surface area (Å²) in [7, 11) is 3.88. The van der Waals surface area contributed by atoms with Gasteiger partial charge in [-0.15, -0.1) is 0 Å². The smallest absolute Gasteiger partial charge is 0.245 e. The fraction of sp³-hybridized carbons (Fsp3) is 0.733. The summed E-state index contributed by atoms with van der Waals surface area (Å²) in [6.45, 7) is 3.48. The molecule has 1 fully saturated rings. The minimum Gasteiger partial charge on any atom is -0.385 e. The van der Waals surface area contributed by atoms with E-state index in [1.807, 2.05) is 0 Å². The van der Waals surface area contributed by atoms with Gasteiger partial charge in [-0.05, 0) is 49.6 Å². The number of nitrogens with zero attached hydrogens (tertiary/aromatic N) is 5. The molecule has 0 saturated carbocycles. The average Bonchev–Trinajstić information content (AvgIpc) is 3.20. The Hall–Kier alpha value is -2.00. The molecule has 132 valence electrons. The first kappa shape index (κ1) is 16.8. The van der Waals surface area contributed by atoms with Gasteiger partial charge >= 0.3 is 0 Å². The van der Waals surface area contributed by atoms with E-state index >= 15 is 0 Å². The number of likely N-dealkylation sites (tertiary alicyclic amines) is 1. The lowest BCUT2D eigenvalue weighted by molar-refractivity contribution is 0.198. The summed E-state index contributed by atoms with van der Waals surface area (Å²) in [5, 5.41) is 14.2. The van der Waals surface area contributed by atoms with E-state index in [0.29, 0.717) is 35.6 Å². The van der Waals surface area contributed by atoms with Gasteiger partial charge in [0.2, 0.25) is 11.3 Å². The van der Waals surface area contributed by atoms with Crippen LogP contribution in [0, 0.1) is 0 Å². The highest BCUT2D eigenvalue weighted by molar-refractivity contribution is 5.73. The number of methoxy groups -OCH3 is 1. The van der Waals surface area contributed by atoms with Gasteiger partial charge in [0.1, 0.15) is 0 Å². The molecule has 2 aromatic rings. The zero-order chi connectivity index (χ0) is 16.8. The van der Waals surface area contributed by atoms with Gasteiger partial charge in [0, 0.05) is 32.8 Å². The Kier molecular flexibility index (Phi) is 5.76. The van der Waals surface area contributed by atoms with Gasteiger partial charge in [-0.2, -0.15) is 0 Å². The topological polar surface area (TPSA) is 101 Å². The van der Waals surface area contributed by atoms with E-state index in [0.717, 1.165) is 25.9 Å². The molecule has 0 aliphatic carbocycles. The Morgan fingerprint density at radius 2 is 1.88 bits per heavy atom. The summed E-state index contributed by atoms with van der Waals surface area (Å²) in [6.07, 6.45) is 4.51. The van der Waals surface area contributed by atoms with Crippen LogP contribution in [0.15, 0.2) is 4.63 Å². The van der Waals surface area contributed by atoms with Crippen molar-refractivity contribution in [3.8, 4) is 0 Å². The maximum absolute atomic E-state index is 5.07. The highest BCUT2D eigenvalue weighted by Gasteiger charge is 2.20. The lowest BCUT2D eigenvalue weighted by Gasteiger charge is -2.19. The molecule has 9 heteroatoms. The number of fused-ring (bicyclic) bond motifs is 1. The van der Waals surface area contributed by atoms with Crippen LogP contribution >= 0.6 is 0 Å². The molecule has 0 radical (unpaired) electrons. The van der Waals surface area contributed by atoms with E-state index in [-0.39, 0.29) is 0 Å². The lowest BCUT2D eigenvalue weighted by Crippen LogP contribution is -2.27. The fourth-order valence-electron chi connectivity index (χ4n) is 3.01. The highest BCUT2D eigenvalue weighted by atomic mass is 16.6. The fourth-order valence-corrected chi connectivity index (χ4v) is 3.01. The Morgan fingerprint density at radius 1 is 1.17 bits per heavy atom. The number of aromatic nitrogens is 4. The third-order valence-corrected chi connectivity index (χ3v) is 4.37. The van der Waals surface area contributed by atoms with Crippen molar-refractivity contribution < 1.29 is 9.37 Å². The van der Waals surface area contributed by atoms with E-state index in [1.54, 1.807) is 7.11 Å². The lowest BCUT2D eigenvalue weighted by atomic mass is 10.1. The molecule has 1 saturated heterocycles. The first-order valence-electron chi connectivity index (χ1n) is 8.45. The van der Waals surface area contributed by atoms with Gasteiger partial charge in [-0.25, -0.2) is 14.6 Å². The largest absolute Gasteiger partial charge is 0.385 e.